The van der Waals surface area contributed by atoms with E-state index in [1.165, 1.54) is 24.3 Å². The summed E-state index contributed by atoms with van der Waals surface area (Å²) in [5, 5.41) is 0. The monoisotopic (exact) mass is 379 g/mol. The summed E-state index contributed by atoms with van der Waals surface area (Å²) in [7, 11) is 0. The fourth-order valence-corrected chi connectivity index (χ4v) is 3.15. The molecule has 3 rings (SSSR count). The maximum atomic E-state index is 14.0. The summed E-state index contributed by atoms with van der Waals surface area (Å²) in [6.45, 7) is 6.01. The molecule has 0 spiro atoms. The van der Waals surface area contributed by atoms with E-state index in [2.05, 4.69) is 18.5 Å². The zero-order valence-corrected chi connectivity index (χ0v) is 15.9. The van der Waals surface area contributed by atoms with Gasteiger partial charge in [-0.1, -0.05) is 43.3 Å². The highest BCUT2D eigenvalue weighted by Gasteiger charge is 2.22. The standard InChI is InChI=1S/C24H23F2NO/c1-3-24(2,18-11-13-19(25)14-12-18)15-7-8-21-16-20(26)17-23(27-21)28-22-9-5-4-6-10-22/h3-6,9-14,16-17H,1,7-8,15H2,2H3. The van der Waals surface area contributed by atoms with Crippen molar-refractivity contribution in [3.63, 3.8) is 0 Å². The lowest BCUT2D eigenvalue weighted by atomic mass is 9.78. The number of pyridine rings is 1. The Kier molecular flexibility index (Phi) is 6.19. The second-order valence-electron chi connectivity index (χ2n) is 7.01. The Hall–Kier alpha value is -3.01. The first-order chi connectivity index (χ1) is 13.5. The molecule has 28 heavy (non-hydrogen) atoms. The second kappa shape index (κ2) is 8.79. The number of ether oxygens (including phenoxy) is 1. The summed E-state index contributed by atoms with van der Waals surface area (Å²) in [5.74, 6) is 0.222. The summed E-state index contributed by atoms with van der Waals surface area (Å²) in [6, 6.07) is 18.4. The van der Waals surface area contributed by atoms with Crippen LogP contribution in [-0.2, 0) is 11.8 Å². The summed E-state index contributed by atoms with van der Waals surface area (Å²) >= 11 is 0. The van der Waals surface area contributed by atoms with Crippen molar-refractivity contribution in [3.8, 4) is 11.6 Å². The molecule has 1 heterocycles. The van der Waals surface area contributed by atoms with Crippen molar-refractivity contribution in [2.45, 2.75) is 31.6 Å². The lowest BCUT2D eigenvalue weighted by molar-refractivity contribution is 0.451. The normalized spacial score (nSPS) is 13.0. The van der Waals surface area contributed by atoms with Gasteiger partial charge < -0.3 is 4.74 Å². The Morgan fingerprint density at radius 1 is 1.00 bits per heavy atom. The lowest BCUT2D eigenvalue weighted by Gasteiger charge is -2.26. The highest BCUT2D eigenvalue weighted by Crippen LogP contribution is 2.31. The van der Waals surface area contributed by atoms with E-state index in [1.807, 2.05) is 24.3 Å². The second-order valence-corrected chi connectivity index (χ2v) is 7.01. The van der Waals surface area contributed by atoms with Crippen LogP contribution >= 0.6 is 0 Å². The van der Waals surface area contributed by atoms with Gasteiger partial charge in [0.05, 0.1) is 0 Å². The van der Waals surface area contributed by atoms with Crippen LogP contribution in [0.4, 0.5) is 8.78 Å². The first-order valence-electron chi connectivity index (χ1n) is 9.27. The SMILES string of the molecule is C=CC(C)(CCCc1cc(F)cc(Oc2ccccc2)n1)c1ccc(F)cc1. The molecule has 2 aromatic carbocycles. The van der Waals surface area contributed by atoms with Crippen molar-refractivity contribution in [1.29, 1.82) is 0 Å². The number of benzene rings is 2. The molecule has 0 bridgehead atoms. The van der Waals surface area contributed by atoms with Crippen molar-refractivity contribution in [1.82, 2.24) is 4.98 Å². The minimum Gasteiger partial charge on any atom is -0.439 e. The van der Waals surface area contributed by atoms with Gasteiger partial charge in [-0.15, -0.1) is 6.58 Å². The average molecular weight is 379 g/mol. The molecular weight excluding hydrogens is 356 g/mol. The van der Waals surface area contributed by atoms with Crippen LogP contribution in [0.15, 0.2) is 79.4 Å². The molecule has 1 unspecified atom stereocenters. The third-order valence-electron chi connectivity index (χ3n) is 4.87. The number of nitrogens with zero attached hydrogens (tertiary/aromatic N) is 1. The van der Waals surface area contributed by atoms with Gasteiger partial charge in [0.2, 0.25) is 5.88 Å². The lowest BCUT2D eigenvalue weighted by Crippen LogP contribution is -2.19. The maximum absolute atomic E-state index is 14.0. The first kappa shape index (κ1) is 19.7. The Balaban J connectivity index is 1.66. The van der Waals surface area contributed by atoms with Crippen LogP contribution in [-0.4, -0.2) is 4.98 Å². The van der Waals surface area contributed by atoms with Gasteiger partial charge in [0.15, 0.2) is 0 Å². The predicted molar refractivity (Wildman–Crippen MR) is 108 cm³/mol. The molecule has 0 saturated carbocycles. The highest BCUT2D eigenvalue weighted by molar-refractivity contribution is 5.30. The number of hydrogen-bond donors (Lipinski definition) is 0. The Morgan fingerprint density at radius 2 is 1.71 bits per heavy atom. The minimum atomic E-state index is -0.374. The predicted octanol–water partition coefficient (Wildman–Crippen LogP) is 6.62. The molecule has 0 aliphatic rings. The maximum Gasteiger partial charge on any atom is 0.222 e. The molecule has 0 aliphatic carbocycles. The van der Waals surface area contributed by atoms with E-state index in [9.17, 15) is 8.78 Å². The molecule has 0 aliphatic heterocycles. The molecule has 0 N–H and O–H groups in total. The van der Waals surface area contributed by atoms with Gasteiger partial charge in [-0.05, 0) is 55.2 Å². The van der Waals surface area contributed by atoms with Crippen molar-refractivity contribution in [2.24, 2.45) is 0 Å². The zero-order valence-electron chi connectivity index (χ0n) is 15.9. The fraction of sp³-hybridized carbons (Fsp3) is 0.208. The number of aryl methyl sites for hydroxylation is 1. The van der Waals surface area contributed by atoms with Gasteiger partial charge in [-0.25, -0.2) is 13.8 Å². The van der Waals surface area contributed by atoms with Crippen molar-refractivity contribution >= 4 is 0 Å². The van der Waals surface area contributed by atoms with Crippen LogP contribution in [0.2, 0.25) is 0 Å². The van der Waals surface area contributed by atoms with Gasteiger partial charge in [-0.2, -0.15) is 0 Å². The highest BCUT2D eigenvalue weighted by atomic mass is 19.1. The number of para-hydroxylation sites is 1. The van der Waals surface area contributed by atoms with Gasteiger partial charge in [-0.3, -0.25) is 0 Å². The molecule has 3 aromatic rings. The third kappa shape index (κ3) is 5.03. The van der Waals surface area contributed by atoms with Crippen molar-refractivity contribution in [2.75, 3.05) is 0 Å². The molecule has 0 radical (unpaired) electrons. The number of aromatic nitrogens is 1. The molecule has 0 saturated heterocycles. The van der Waals surface area contributed by atoms with Crippen LogP contribution in [0, 0.1) is 11.6 Å². The smallest absolute Gasteiger partial charge is 0.222 e. The van der Waals surface area contributed by atoms with E-state index >= 15 is 0 Å². The van der Waals surface area contributed by atoms with Gasteiger partial charge in [0.25, 0.3) is 0 Å². The van der Waals surface area contributed by atoms with E-state index in [1.54, 1.807) is 24.3 Å². The molecule has 144 valence electrons. The van der Waals surface area contributed by atoms with E-state index in [-0.39, 0.29) is 22.9 Å². The average Bonchev–Trinajstić information content (AvgIpc) is 2.68. The Bertz CT molecular complexity index is 925. The van der Waals surface area contributed by atoms with E-state index in [0.717, 1.165) is 18.4 Å². The van der Waals surface area contributed by atoms with Crippen LogP contribution in [0.5, 0.6) is 11.6 Å². The molecule has 4 heteroatoms. The molecule has 2 nitrogen and oxygen atoms in total. The third-order valence-corrected chi connectivity index (χ3v) is 4.87. The molecule has 0 fully saturated rings. The summed E-state index contributed by atoms with van der Waals surface area (Å²) in [5.41, 5.74) is 1.35. The minimum absolute atomic E-state index is 0.242. The van der Waals surface area contributed by atoms with E-state index in [4.69, 9.17) is 4.74 Å². The largest absolute Gasteiger partial charge is 0.439 e. The fourth-order valence-electron chi connectivity index (χ4n) is 3.15. The van der Waals surface area contributed by atoms with Crippen LogP contribution in [0.3, 0.4) is 0 Å². The van der Waals surface area contributed by atoms with E-state index < -0.39 is 0 Å². The van der Waals surface area contributed by atoms with Gasteiger partial charge in [0, 0.05) is 17.2 Å². The number of allylic oxidation sites excluding steroid dienone is 1. The van der Waals surface area contributed by atoms with Crippen LogP contribution in [0.1, 0.15) is 31.0 Å². The number of halogens is 2. The van der Waals surface area contributed by atoms with Gasteiger partial charge in [0.1, 0.15) is 17.4 Å². The Labute approximate surface area is 164 Å². The first-order valence-corrected chi connectivity index (χ1v) is 9.27. The number of rotatable bonds is 8. The molecule has 0 amide bonds. The molecule has 1 atom stereocenters. The quantitative estimate of drug-likeness (QED) is 0.410. The van der Waals surface area contributed by atoms with Crippen molar-refractivity contribution in [3.05, 3.63) is 102 Å². The summed E-state index contributed by atoms with van der Waals surface area (Å²) in [4.78, 5) is 4.42. The van der Waals surface area contributed by atoms with Crippen LogP contribution < -0.4 is 4.74 Å². The Morgan fingerprint density at radius 3 is 2.39 bits per heavy atom. The topological polar surface area (TPSA) is 22.1 Å². The summed E-state index contributed by atoms with van der Waals surface area (Å²) in [6.07, 6.45) is 4.05. The van der Waals surface area contributed by atoms with E-state index in [0.29, 0.717) is 17.9 Å². The molecule has 1 aromatic heterocycles. The van der Waals surface area contributed by atoms with Gasteiger partial charge >= 0.3 is 0 Å². The molecular formula is C24H23F2NO. The van der Waals surface area contributed by atoms with Crippen LogP contribution in [0.25, 0.3) is 0 Å². The number of hydrogen-bond acceptors (Lipinski definition) is 2. The zero-order chi connectivity index (χ0) is 20.0. The summed E-state index contributed by atoms with van der Waals surface area (Å²) < 4.78 is 32.8. The van der Waals surface area contributed by atoms with Crippen molar-refractivity contribution < 1.29 is 13.5 Å².